The van der Waals surface area contributed by atoms with Gasteiger partial charge in [-0.25, -0.2) is 4.39 Å². The Morgan fingerprint density at radius 1 is 1.26 bits per heavy atom. The summed E-state index contributed by atoms with van der Waals surface area (Å²) in [6.07, 6.45) is 6.06. The Hall–Kier alpha value is -0.120. The van der Waals surface area contributed by atoms with Crippen LogP contribution in [0.4, 0.5) is 4.39 Å². The molecule has 0 saturated heterocycles. The van der Waals surface area contributed by atoms with Gasteiger partial charge in [-0.05, 0) is 71.6 Å². The largest absolute Gasteiger partial charge is 0.314 e. The second-order valence-electron chi connectivity index (χ2n) is 5.74. The predicted molar refractivity (Wildman–Crippen MR) is 80.2 cm³/mol. The van der Waals surface area contributed by atoms with Crippen LogP contribution in [0.15, 0.2) is 16.6 Å². The van der Waals surface area contributed by atoms with Gasteiger partial charge in [-0.3, -0.25) is 0 Å². The highest BCUT2D eigenvalue weighted by molar-refractivity contribution is 9.10. The van der Waals surface area contributed by atoms with Crippen LogP contribution < -0.4 is 5.32 Å². The highest BCUT2D eigenvalue weighted by Gasteiger charge is 2.32. The van der Waals surface area contributed by atoms with Gasteiger partial charge in [0, 0.05) is 10.5 Å². The molecule has 1 nitrogen and oxygen atoms in total. The van der Waals surface area contributed by atoms with Crippen LogP contribution in [0.3, 0.4) is 0 Å². The zero-order valence-corrected chi connectivity index (χ0v) is 13.1. The fraction of sp³-hybridized carbons (Fsp3) is 0.600. The third-order valence-electron chi connectivity index (χ3n) is 4.37. The summed E-state index contributed by atoms with van der Waals surface area (Å²) in [4.78, 5) is 0. The fourth-order valence-corrected chi connectivity index (χ4v) is 3.60. The summed E-state index contributed by atoms with van der Waals surface area (Å²) in [6, 6.07) is 4.48. The van der Waals surface area contributed by atoms with Crippen LogP contribution in [0.2, 0.25) is 5.02 Å². The maximum absolute atomic E-state index is 14.3. The average molecular weight is 347 g/mol. The predicted octanol–water partition coefficient (Wildman–Crippen LogP) is 4.88. The van der Waals surface area contributed by atoms with Crippen LogP contribution in [0, 0.1) is 11.7 Å². The molecule has 0 aliphatic heterocycles. The molecule has 19 heavy (non-hydrogen) atoms. The lowest BCUT2D eigenvalue weighted by molar-refractivity contribution is 0.431. The summed E-state index contributed by atoms with van der Waals surface area (Å²) in [5.41, 5.74) is 0.799. The summed E-state index contributed by atoms with van der Waals surface area (Å²) in [5.74, 6) is 0.628. The number of benzene rings is 1. The Kier molecular flexibility index (Phi) is 4.16. The van der Waals surface area contributed by atoms with Gasteiger partial charge in [0.15, 0.2) is 0 Å². The molecule has 2 aliphatic carbocycles. The molecule has 3 rings (SSSR count). The van der Waals surface area contributed by atoms with Gasteiger partial charge >= 0.3 is 0 Å². The van der Waals surface area contributed by atoms with Crippen LogP contribution >= 0.6 is 27.5 Å². The summed E-state index contributed by atoms with van der Waals surface area (Å²) in [5, 5.41) is 3.80. The number of halogens is 3. The van der Waals surface area contributed by atoms with E-state index in [0.29, 0.717) is 16.3 Å². The molecule has 1 N–H and O–H groups in total. The molecule has 2 unspecified atom stereocenters. The molecule has 0 heterocycles. The maximum Gasteiger partial charge on any atom is 0.146 e. The number of nitrogens with one attached hydrogen (secondary N) is 1. The van der Waals surface area contributed by atoms with E-state index in [1.165, 1.54) is 25.7 Å². The third kappa shape index (κ3) is 2.98. The van der Waals surface area contributed by atoms with E-state index in [4.69, 9.17) is 11.6 Å². The van der Waals surface area contributed by atoms with Crippen molar-refractivity contribution in [3.05, 3.63) is 33.0 Å². The fourth-order valence-electron chi connectivity index (χ4n) is 3.12. The van der Waals surface area contributed by atoms with E-state index in [0.717, 1.165) is 24.6 Å². The van der Waals surface area contributed by atoms with Gasteiger partial charge in [-0.2, -0.15) is 0 Å². The van der Waals surface area contributed by atoms with Gasteiger partial charge in [0.05, 0.1) is 5.02 Å². The van der Waals surface area contributed by atoms with Crippen molar-refractivity contribution < 1.29 is 4.39 Å². The minimum absolute atomic E-state index is 0.221. The smallest absolute Gasteiger partial charge is 0.146 e. The van der Waals surface area contributed by atoms with Crippen molar-refractivity contribution >= 4 is 27.5 Å². The molecule has 2 saturated carbocycles. The van der Waals surface area contributed by atoms with Gasteiger partial charge < -0.3 is 5.32 Å². The van der Waals surface area contributed by atoms with Crippen LogP contribution in [0.5, 0.6) is 0 Å². The van der Waals surface area contributed by atoms with Crippen LogP contribution in [0.25, 0.3) is 0 Å². The summed E-state index contributed by atoms with van der Waals surface area (Å²) in [6.45, 7) is 1.02. The molecular formula is C15H18BrClFN. The van der Waals surface area contributed by atoms with E-state index in [1.54, 1.807) is 0 Å². The number of rotatable bonds is 4. The first-order valence-electron chi connectivity index (χ1n) is 7.03. The first kappa shape index (κ1) is 13.8. The van der Waals surface area contributed by atoms with Gasteiger partial charge in [0.1, 0.15) is 5.82 Å². The minimum atomic E-state index is -0.237. The molecule has 104 valence electrons. The van der Waals surface area contributed by atoms with Crippen molar-refractivity contribution in [3.8, 4) is 0 Å². The zero-order chi connectivity index (χ0) is 13.4. The van der Waals surface area contributed by atoms with Gasteiger partial charge in [0.2, 0.25) is 0 Å². The molecule has 4 heteroatoms. The lowest BCUT2D eigenvalue weighted by Gasteiger charge is -2.21. The lowest BCUT2D eigenvalue weighted by atomic mass is 9.88. The second kappa shape index (κ2) is 5.71. The van der Waals surface area contributed by atoms with Gasteiger partial charge in [0.25, 0.3) is 0 Å². The third-order valence-corrected chi connectivity index (χ3v) is 5.63. The number of hydrogen-bond donors (Lipinski definition) is 1. The topological polar surface area (TPSA) is 12.0 Å². The molecule has 2 atom stereocenters. The molecular weight excluding hydrogens is 329 g/mol. The van der Waals surface area contributed by atoms with Crippen molar-refractivity contribution in [3.63, 3.8) is 0 Å². The SMILES string of the molecule is Fc1c(C2CCCC2CNC2CC2)ccc(Br)c1Cl. The quantitative estimate of drug-likeness (QED) is 0.766. The molecule has 1 aromatic rings. The molecule has 2 fully saturated rings. The Balaban J connectivity index is 1.77. The van der Waals surface area contributed by atoms with E-state index in [9.17, 15) is 4.39 Å². The molecule has 0 bridgehead atoms. The van der Waals surface area contributed by atoms with E-state index in [-0.39, 0.29) is 10.8 Å². The second-order valence-corrected chi connectivity index (χ2v) is 6.98. The van der Waals surface area contributed by atoms with Crippen LogP contribution in [-0.2, 0) is 0 Å². The van der Waals surface area contributed by atoms with E-state index < -0.39 is 0 Å². The minimum Gasteiger partial charge on any atom is -0.314 e. The van der Waals surface area contributed by atoms with Crippen molar-refractivity contribution in [1.82, 2.24) is 5.32 Å². The normalized spacial score (nSPS) is 26.9. The highest BCUT2D eigenvalue weighted by atomic mass is 79.9. The molecule has 1 aromatic carbocycles. The lowest BCUT2D eigenvalue weighted by Crippen LogP contribution is -2.26. The van der Waals surface area contributed by atoms with E-state index in [1.807, 2.05) is 12.1 Å². The van der Waals surface area contributed by atoms with Crippen molar-refractivity contribution in [2.75, 3.05) is 6.54 Å². The zero-order valence-electron chi connectivity index (χ0n) is 10.8. The first-order valence-corrected chi connectivity index (χ1v) is 8.20. The number of hydrogen-bond acceptors (Lipinski definition) is 1. The Bertz CT molecular complexity index is 475. The Labute approximate surface area is 127 Å². The van der Waals surface area contributed by atoms with Gasteiger partial charge in [-0.1, -0.05) is 24.1 Å². The maximum atomic E-state index is 14.3. The summed E-state index contributed by atoms with van der Waals surface area (Å²) >= 11 is 9.29. The Morgan fingerprint density at radius 3 is 2.79 bits per heavy atom. The molecule has 0 aromatic heterocycles. The summed E-state index contributed by atoms with van der Waals surface area (Å²) < 4.78 is 15.0. The monoisotopic (exact) mass is 345 g/mol. The van der Waals surface area contributed by atoms with Crippen LogP contribution in [-0.4, -0.2) is 12.6 Å². The first-order chi connectivity index (χ1) is 9.16. The van der Waals surface area contributed by atoms with Crippen LogP contribution in [0.1, 0.15) is 43.6 Å². The van der Waals surface area contributed by atoms with Crippen molar-refractivity contribution in [2.45, 2.75) is 44.1 Å². The molecule has 0 spiro atoms. The van der Waals surface area contributed by atoms with Crippen molar-refractivity contribution in [2.24, 2.45) is 5.92 Å². The Morgan fingerprint density at radius 2 is 2.05 bits per heavy atom. The molecule has 0 amide bonds. The average Bonchev–Trinajstić information content (AvgIpc) is 3.12. The summed E-state index contributed by atoms with van der Waals surface area (Å²) in [7, 11) is 0. The highest BCUT2D eigenvalue weighted by Crippen LogP contribution is 2.42. The molecule has 2 aliphatic rings. The van der Waals surface area contributed by atoms with E-state index >= 15 is 0 Å². The molecule has 0 radical (unpaired) electrons. The van der Waals surface area contributed by atoms with E-state index in [2.05, 4.69) is 21.2 Å². The standard InChI is InChI=1S/C15H18BrClFN/c16-13-7-6-12(15(18)14(13)17)11-3-1-2-9(11)8-19-10-4-5-10/h6-7,9-11,19H,1-5,8H2. The van der Waals surface area contributed by atoms with Crippen molar-refractivity contribution in [1.29, 1.82) is 0 Å². The van der Waals surface area contributed by atoms with Gasteiger partial charge in [-0.15, -0.1) is 0 Å².